The minimum absolute atomic E-state index is 0. The molecule has 0 fully saturated rings. The Kier molecular flexibility index (Phi) is 9.08. The average Bonchev–Trinajstić information content (AvgIpc) is 2.89. The first-order valence-corrected chi connectivity index (χ1v) is 8.93. The van der Waals surface area contributed by atoms with E-state index in [1.807, 2.05) is 52.8 Å². The Hall–Kier alpha value is -1.77. The minimum atomic E-state index is -0.232. The molecule has 0 aliphatic carbocycles. The highest BCUT2D eigenvalue weighted by Gasteiger charge is 2.14. The van der Waals surface area contributed by atoms with Gasteiger partial charge in [0, 0.05) is 31.3 Å². The lowest BCUT2D eigenvalue weighted by atomic mass is 10.1. The quantitative estimate of drug-likeness (QED) is 0.367. The smallest absolute Gasteiger partial charge is 0.191 e. The van der Waals surface area contributed by atoms with Gasteiger partial charge in [-0.25, -0.2) is 0 Å². The summed E-state index contributed by atoms with van der Waals surface area (Å²) in [6, 6.07) is 8.06. The van der Waals surface area contributed by atoms with Crippen LogP contribution in [-0.2, 0) is 13.0 Å². The number of hydrogen-bond donors (Lipinski definition) is 2. The highest BCUT2D eigenvalue weighted by Crippen LogP contribution is 2.22. The van der Waals surface area contributed by atoms with Gasteiger partial charge in [0.25, 0.3) is 0 Å². The first-order chi connectivity index (χ1) is 12.3. The van der Waals surface area contributed by atoms with Gasteiger partial charge in [0.15, 0.2) is 5.96 Å². The maximum Gasteiger partial charge on any atom is 0.191 e. The number of benzene rings is 1. The summed E-state index contributed by atoms with van der Waals surface area (Å²) < 4.78 is 11.2. The lowest BCUT2D eigenvalue weighted by Gasteiger charge is -2.23. The zero-order valence-electron chi connectivity index (χ0n) is 17.0. The number of halogens is 1. The van der Waals surface area contributed by atoms with Crippen molar-refractivity contribution in [3.05, 3.63) is 46.8 Å². The van der Waals surface area contributed by atoms with Crippen LogP contribution in [0.15, 0.2) is 33.8 Å². The zero-order valence-corrected chi connectivity index (χ0v) is 19.4. The van der Waals surface area contributed by atoms with E-state index in [1.165, 1.54) is 0 Å². The number of aromatic nitrogens is 1. The van der Waals surface area contributed by atoms with Gasteiger partial charge in [-0.3, -0.25) is 4.99 Å². The molecule has 0 spiro atoms. The van der Waals surface area contributed by atoms with E-state index in [1.54, 1.807) is 7.05 Å². The van der Waals surface area contributed by atoms with Gasteiger partial charge in [-0.05, 0) is 47.1 Å². The van der Waals surface area contributed by atoms with E-state index < -0.39 is 0 Å². The number of hydrogen-bond acceptors (Lipinski definition) is 4. The monoisotopic (exact) mass is 486 g/mol. The number of para-hydroxylation sites is 1. The van der Waals surface area contributed by atoms with Crippen LogP contribution in [0.2, 0.25) is 0 Å². The third-order valence-electron chi connectivity index (χ3n) is 3.91. The molecule has 0 radical (unpaired) electrons. The van der Waals surface area contributed by atoms with Crippen molar-refractivity contribution in [1.29, 1.82) is 0 Å². The van der Waals surface area contributed by atoms with E-state index in [4.69, 9.17) is 9.26 Å². The number of aliphatic imine (C=N–C) groups is 1. The molecule has 0 amide bonds. The van der Waals surface area contributed by atoms with Crippen molar-refractivity contribution in [2.75, 3.05) is 13.6 Å². The van der Waals surface area contributed by atoms with Crippen LogP contribution in [0.25, 0.3) is 0 Å². The maximum absolute atomic E-state index is 6.04. The minimum Gasteiger partial charge on any atom is -0.488 e. The summed E-state index contributed by atoms with van der Waals surface area (Å²) in [4.78, 5) is 4.29. The highest BCUT2D eigenvalue weighted by atomic mass is 127. The van der Waals surface area contributed by atoms with Gasteiger partial charge < -0.3 is 19.9 Å². The predicted molar refractivity (Wildman–Crippen MR) is 120 cm³/mol. The normalized spacial score (nSPS) is 11.7. The molecule has 0 saturated heterocycles. The van der Waals surface area contributed by atoms with Gasteiger partial charge in [0.2, 0.25) is 0 Å². The molecule has 2 N–H and O–H groups in total. The molecule has 0 atom stereocenters. The molecular formula is C20H31IN4O2. The van der Waals surface area contributed by atoms with Crippen molar-refractivity contribution in [2.24, 2.45) is 4.99 Å². The zero-order chi connectivity index (χ0) is 19.2. The van der Waals surface area contributed by atoms with Crippen LogP contribution in [0, 0.1) is 13.8 Å². The van der Waals surface area contributed by atoms with Crippen LogP contribution in [-0.4, -0.2) is 30.3 Å². The summed E-state index contributed by atoms with van der Waals surface area (Å²) in [5, 5.41) is 10.7. The summed E-state index contributed by atoms with van der Waals surface area (Å²) in [6.07, 6.45) is 0.839. The second kappa shape index (κ2) is 10.5. The number of ether oxygens (including phenoxy) is 1. The molecule has 7 heteroatoms. The van der Waals surface area contributed by atoms with Crippen LogP contribution in [0.3, 0.4) is 0 Å². The van der Waals surface area contributed by atoms with Crippen LogP contribution in [0.5, 0.6) is 5.75 Å². The Morgan fingerprint density at radius 1 is 1.19 bits per heavy atom. The lowest BCUT2D eigenvalue weighted by molar-refractivity contribution is 0.129. The fourth-order valence-corrected chi connectivity index (χ4v) is 2.64. The molecular weight excluding hydrogens is 455 g/mol. The summed E-state index contributed by atoms with van der Waals surface area (Å²) in [5.41, 5.74) is 2.96. The van der Waals surface area contributed by atoms with Gasteiger partial charge in [0.1, 0.15) is 17.1 Å². The SMILES string of the molecule is CN=C(NCCc1c(C)noc1C)NCc1ccccc1OC(C)(C)C.I. The molecule has 0 aliphatic heterocycles. The third-order valence-corrected chi connectivity index (χ3v) is 3.91. The van der Waals surface area contributed by atoms with Crippen molar-refractivity contribution in [2.45, 2.75) is 53.2 Å². The number of nitrogens with one attached hydrogen (secondary N) is 2. The summed E-state index contributed by atoms with van der Waals surface area (Å²) >= 11 is 0. The Bertz CT molecular complexity index is 731. The fraction of sp³-hybridized carbons (Fsp3) is 0.500. The molecule has 1 aromatic carbocycles. The Balaban J connectivity index is 0.00000364. The van der Waals surface area contributed by atoms with E-state index >= 15 is 0 Å². The van der Waals surface area contributed by atoms with E-state index in [2.05, 4.69) is 26.8 Å². The van der Waals surface area contributed by atoms with Gasteiger partial charge in [0.05, 0.1) is 5.69 Å². The fourth-order valence-electron chi connectivity index (χ4n) is 2.64. The van der Waals surface area contributed by atoms with Crippen molar-refractivity contribution in [1.82, 2.24) is 15.8 Å². The van der Waals surface area contributed by atoms with Crippen LogP contribution in [0.1, 0.15) is 43.4 Å². The number of guanidine groups is 1. The van der Waals surface area contributed by atoms with E-state index in [0.717, 1.165) is 47.3 Å². The van der Waals surface area contributed by atoms with E-state index in [-0.39, 0.29) is 29.6 Å². The molecule has 6 nitrogen and oxygen atoms in total. The van der Waals surface area contributed by atoms with Gasteiger partial charge >= 0.3 is 0 Å². The third kappa shape index (κ3) is 7.40. The maximum atomic E-state index is 6.04. The van der Waals surface area contributed by atoms with Gasteiger partial charge in [-0.1, -0.05) is 23.4 Å². The van der Waals surface area contributed by atoms with Crippen LogP contribution >= 0.6 is 24.0 Å². The Morgan fingerprint density at radius 3 is 2.48 bits per heavy atom. The van der Waals surface area contributed by atoms with Gasteiger partial charge in [-0.15, -0.1) is 24.0 Å². The Labute approximate surface area is 179 Å². The van der Waals surface area contributed by atoms with E-state index in [0.29, 0.717) is 6.54 Å². The lowest BCUT2D eigenvalue weighted by Crippen LogP contribution is -2.38. The van der Waals surface area contributed by atoms with E-state index in [9.17, 15) is 0 Å². The summed E-state index contributed by atoms with van der Waals surface area (Å²) in [5.74, 6) is 2.52. The van der Waals surface area contributed by atoms with Crippen LogP contribution < -0.4 is 15.4 Å². The molecule has 27 heavy (non-hydrogen) atoms. The molecule has 0 aliphatic rings. The number of rotatable bonds is 6. The Morgan fingerprint density at radius 2 is 1.89 bits per heavy atom. The second-order valence-corrected chi connectivity index (χ2v) is 7.23. The standard InChI is InChI=1S/C20H30N4O2.HI/c1-14-17(15(2)26-24-14)11-12-22-19(21-6)23-13-16-9-7-8-10-18(16)25-20(3,4)5;/h7-10H,11-13H2,1-6H3,(H2,21,22,23);1H. The molecule has 2 aromatic rings. The predicted octanol–water partition coefficient (Wildman–Crippen LogP) is 3.99. The highest BCUT2D eigenvalue weighted by molar-refractivity contribution is 14.0. The van der Waals surface area contributed by atoms with Crippen molar-refractivity contribution in [3.63, 3.8) is 0 Å². The van der Waals surface area contributed by atoms with Gasteiger partial charge in [-0.2, -0.15) is 0 Å². The molecule has 0 saturated carbocycles. The largest absolute Gasteiger partial charge is 0.488 e. The van der Waals surface area contributed by atoms with Crippen molar-refractivity contribution in [3.8, 4) is 5.75 Å². The molecule has 1 heterocycles. The van der Waals surface area contributed by atoms with Crippen molar-refractivity contribution >= 4 is 29.9 Å². The topological polar surface area (TPSA) is 71.7 Å². The first kappa shape index (κ1) is 23.3. The summed E-state index contributed by atoms with van der Waals surface area (Å²) in [7, 11) is 1.77. The number of aryl methyl sites for hydroxylation is 2. The van der Waals surface area contributed by atoms with Crippen LogP contribution in [0.4, 0.5) is 0 Å². The molecule has 1 aromatic heterocycles. The molecule has 150 valence electrons. The van der Waals surface area contributed by atoms with Crippen molar-refractivity contribution < 1.29 is 9.26 Å². The number of nitrogens with zero attached hydrogens (tertiary/aromatic N) is 2. The molecule has 0 unspecified atom stereocenters. The molecule has 0 bridgehead atoms. The summed E-state index contributed by atoms with van der Waals surface area (Å²) in [6.45, 7) is 11.4. The molecule has 2 rings (SSSR count). The first-order valence-electron chi connectivity index (χ1n) is 8.93. The second-order valence-electron chi connectivity index (χ2n) is 7.23. The average molecular weight is 486 g/mol.